The quantitative estimate of drug-likeness (QED) is 0.807. The molecule has 6 heteroatoms. The monoisotopic (exact) mass is 323 g/mol. The van der Waals surface area contributed by atoms with Gasteiger partial charge in [0.25, 0.3) is 5.91 Å². The van der Waals surface area contributed by atoms with Crippen molar-refractivity contribution in [2.75, 3.05) is 19.7 Å². The SMILES string of the molecule is Cc1[nH]c2ccc(CNC(=O)C3CNCCO3)cc2c1C.Cl. The molecule has 0 aliphatic carbocycles. The van der Waals surface area contributed by atoms with Crippen LogP contribution in [0.4, 0.5) is 0 Å². The molecule has 1 aromatic heterocycles. The average Bonchev–Trinajstić information content (AvgIpc) is 2.80. The third kappa shape index (κ3) is 3.43. The number of ether oxygens (including phenoxy) is 1. The molecule has 0 spiro atoms. The fourth-order valence-electron chi connectivity index (χ4n) is 2.66. The van der Waals surface area contributed by atoms with Crippen molar-refractivity contribution in [3.05, 3.63) is 35.0 Å². The summed E-state index contributed by atoms with van der Waals surface area (Å²) in [6.07, 6.45) is -0.376. The number of fused-ring (bicyclic) bond motifs is 1. The van der Waals surface area contributed by atoms with Gasteiger partial charge >= 0.3 is 0 Å². The first kappa shape index (κ1) is 16.8. The first-order valence-corrected chi connectivity index (χ1v) is 7.33. The van der Waals surface area contributed by atoms with Gasteiger partial charge < -0.3 is 20.4 Å². The molecule has 1 saturated heterocycles. The summed E-state index contributed by atoms with van der Waals surface area (Å²) in [6, 6.07) is 6.24. The minimum Gasteiger partial charge on any atom is -0.366 e. The fraction of sp³-hybridized carbons (Fsp3) is 0.438. The van der Waals surface area contributed by atoms with Gasteiger partial charge in [0, 0.05) is 36.2 Å². The molecule has 2 aromatic rings. The van der Waals surface area contributed by atoms with Crippen LogP contribution >= 0.6 is 12.4 Å². The number of hydrogen-bond acceptors (Lipinski definition) is 3. The van der Waals surface area contributed by atoms with Crippen molar-refractivity contribution in [2.45, 2.75) is 26.5 Å². The molecule has 3 rings (SSSR count). The number of hydrogen-bond donors (Lipinski definition) is 3. The molecule has 1 aromatic carbocycles. The molecule has 3 N–H and O–H groups in total. The minimum absolute atomic E-state index is 0. The number of nitrogens with one attached hydrogen (secondary N) is 3. The van der Waals surface area contributed by atoms with E-state index >= 15 is 0 Å². The van der Waals surface area contributed by atoms with Gasteiger partial charge in [0.05, 0.1) is 6.61 Å². The van der Waals surface area contributed by atoms with Crippen molar-refractivity contribution in [1.82, 2.24) is 15.6 Å². The Bertz CT molecular complexity index is 663. The van der Waals surface area contributed by atoms with Crippen LogP contribution in [-0.4, -0.2) is 36.7 Å². The summed E-state index contributed by atoms with van der Waals surface area (Å²) in [7, 11) is 0. The summed E-state index contributed by atoms with van der Waals surface area (Å²) in [5, 5.41) is 7.32. The molecule has 5 nitrogen and oxygen atoms in total. The van der Waals surface area contributed by atoms with E-state index in [9.17, 15) is 4.79 Å². The third-order valence-corrected chi connectivity index (χ3v) is 4.06. The number of aromatic amines is 1. The normalized spacial score (nSPS) is 18.0. The molecule has 1 amide bonds. The van der Waals surface area contributed by atoms with E-state index in [2.05, 4.69) is 41.6 Å². The Labute approximate surface area is 136 Å². The summed E-state index contributed by atoms with van der Waals surface area (Å²) in [4.78, 5) is 15.4. The molecule has 0 saturated carbocycles. The maximum Gasteiger partial charge on any atom is 0.250 e. The highest BCUT2D eigenvalue weighted by Crippen LogP contribution is 2.22. The summed E-state index contributed by atoms with van der Waals surface area (Å²) in [5.74, 6) is -0.0516. The lowest BCUT2D eigenvalue weighted by Crippen LogP contribution is -2.47. The zero-order valence-corrected chi connectivity index (χ0v) is 13.7. The molecule has 22 heavy (non-hydrogen) atoms. The molecule has 2 heterocycles. The highest BCUT2D eigenvalue weighted by atomic mass is 35.5. The van der Waals surface area contributed by atoms with Crippen LogP contribution < -0.4 is 10.6 Å². The second kappa shape index (κ2) is 7.13. The Kier molecular flexibility index (Phi) is 5.45. The third-order valence-electron chi connectivity index (χ3n) is 4.06. The maximum absolute atomic E-state index is 12.0. The number of aryl methyl sites for hydroxylation is 2. The highest BCUT2D eigenvalue weighted by molar-refractivity contribution is 5.86. The first-order chi connectivity index (χ1) is 10.1. The molecule has 0 bridgehead atoms. The number of carbonyl (C=O) groups excluding carboxylic acids is 1. The number of H-pyrrole nitrogens is 1. The largest absolute Gasteiger partial charge is 0.366 e. The molecular weight excluding hydrogens is 302 g/mol. The van der Waals surface area contributed by atoms with Crippen LogP contribution in [0.1, 0.15) is 16.8 Å². The Balaban J connectivity index is 0.00000176. The van der Waals surface area contributed by atoms with Crippen molar-refractivity contribution in [3.8, 4) is 0 Å². The van der Waals surface area contributed by atoms with Crippen LogP contribution in [0.5, 0.6) is 0 Å². The maximum atomic E-state index is 12.0. The topological polar surface area (TPSA) is 66.2 Å². The number of rotatable bonds is 3. The molecule has 1 atom stereocenters. The fourth-order valence-corrected chi connectivity index (χ4v) is 2.66. The predicted molar refractivity (Wildman–Crippen MR) is 89.5 cm³/mol. The van der Waals surface area contributed by atoms with Gasteiger partial charge in [-0.3, -0.25) is 4.79 Å². The zero-order valence-electron chi connectivity index (χ0n) is 12.9. The molecule has 1 aliphatic heterocycles. The van der Waals surface area contributed by atoms with Crippen LogP contribution in [0.25, 0.3) is 10.9 Å². The smallest absolute Gasteiger partial charge is 0.250 e. The lowest BCUT2D eigenvalue weighted by molar-refractivity contribution is -0.134. The van der Waals surface area contributed by atoms with Gasteiger partial charge in [-0.2, -0.15) is 0 Å². The Hall–Kier alpha value is -1.56. The van der Waals surface area contributed by atoms with Gasteiger partial charge in [0.1, 0.15) is 6.10 Å². The summed E-state index contributed by atoms with van der Waals surface area (Å²) in [5.41, 5.74) is 4.69. The van der Waals surface area contributed by atoms with Crippen LogP contribution in [0.3, 0.4) is 0 Å². The Morgan fingerprint density at radius 3 is 2.95 bits per heavy atom. The number of carbonyl (C=O) groups is 1. The van der Waals surface area contributed by atoms with Gasteiger partial charge in [0.2, 0.25) is 0 Å². The predicted octanol–water partition coefficient (Wildman–Crippen LogP) is 1.81. The molecule has 1 unspecified atom stereocenters. The number of morpholine rings is 1. The summed E-state index contributed by atoms with van der Waals surface area (Å²) in [6.45, 7) is 6.69. The zero-order chi connectivity index (χ0) is 14.8. The van der Waals surface area contributed by atoms with E-state index in [-0.39, 0.29) is 24.4 Å². The number of halogens is 1. The van der Waals surface area contributed by atoms with E-state index in [1.165, 1.54) is 16.6 Å². The first-order valence-electron chi connectivity index (χ1n) is 7.33. The van der Waals surface area contributed by atoms with E-state index in [0.29, 0.717) is 19.7 Å². The Morgan fingerprint density at radius 1 is 1.41 bits per heavy atom. The van der Waals surface area contributed by atoms with Gasteiger partial charge in [-0.05, 0) is 37.1 Å². The highest BCUT2D eigenvalue weighted by Gasteiger charge is 2.21. The lowest BCUT2D eigenvalue weighted by Gasteiger charge is -2.22. The lowest BCUT2D eigenvalue weighted by atomic mass is 10.1. The molecule has 1 aliphatic rings. The second-order valence-electron chi connectivity index (χ2n) is 5.54. The van der Waals surface area contributed by atoms with Crippen LogP contribution in [0.2, 0.25) is 0 Å². The average molecular weight is 324 g/mol. The molecule has 1 fully saturated rings. The number of amides is 1. The second-order valence-corrected chi connectivity index (χ2v) is 5.54. The molecule has 120 valence electrons. The minimum atomic E-state index is -0.376. The van der Waals surface area contributed by atoms with E-state index in [1.54, 1.807) is 0 Å². The van der Waals surface area contributed by atoms with Crippen molar-refractivity contribution < 1.29 is 9.53 Å². The van der Waals surface area contributed by atoms with Gasteiger partial charge in [-0.25, -0.2) is 0 Å². The summed E-state index contributed by atoms with van der Waals surface area (Å²) >= 11 is 0. The van der Waals surface area contributed by atoms with Gasteiger partial charge in [-0.1, -0.05) is 6.07 Å². The molecular formula is C16H22ClN3O2. The Morgan fingerprint density at radius 2 is 2.23 bits per heavy atom. The van der Waals surface area contributed by atoms with Crippen LogP contribution in [0, 0.1) is 13.8 Å². The van der Waals surface area contributed by atoms with Crippen molar-refractivity contribution in [2.24, 2.45) is 0 Å². The van der Waals surface area contributed by atoms with E-state index in [0.717, 1.165) is 17.6 Å². The molecule has 0 radical (unpaired) electrons. The van der Waals surface area contributed by atoms with E-state index in [4.69, 9.17) is 4.74 Å². The van der Waals surface area contributed by atoms with Crippen LogP contribution in [0.15, 0.2) is 18.2 Å². The van der Waals surface area contributed by atoms with Gasteiger partial charge in [-0.15, -0.1) is 12.4 Å². The number of aromatic nitrogens is 1. The van der Waals surface area contributed by atoms with Crippen LogP contribution in [-0.2, 0) is 16.1 Å². The summed E-state index contributed by atoms with van der Waals surface area (Å²) < 4.78 is 5.44. The number of benzene rings is 1. The standard InChI is InChI=1S/C16H21N3O2.ClH/c1-10-11(2)19-14-4-3-12(7-13(10)14)8-18-16(20)15-9-17-5-6-21-15;/h3-4,7,15,17,19H,5-6,8-9H2,1-2H3,(H,18,20);1H. The van der Waals surface area contributed by atoms with Gasteiger partial charge in [0.15, 0.2) is 0 Å². The van der Waals surface area contributed by atoms with E-state index in [1.807, 2.05) is 6.07 Å². The van der Waals surface area contributed by atoms with Crippen molar-refractivity contribution in [1.29, 1.82) is 0 Å². The van der Waals surface area contributed by atoms with E-state index < -0.39 is 0 Å². The van der Waals surface area contributed by atoms with Crippen molar-refractivity contribution >= 4 is 29.2 Å². The van der Waals surface area contributed by atoms with Crippen molar-refractivity contribution in [3.63, 3.8) is 0 Å².